The number of carbonyl (C=O) groups is 1. The van der Waals surface area contributed by atoms with Gasteiger partial charge in [-0.05, 0) is 38.5 Å². The molecule has 0 aromatic rings. The summed E-state index contributed by atoms with van der Waals surface area (Å²) < 4.78 is 5.28. The molecular weight excluding hydrogens is 246 g/mol. The lowest BCUT2D eigenvalue weighted by Crippen LogP contribution is -2.55. The smallest absolute Gasteiger partial charge is 0.234 e. The average molecular weight is 269 g/mol. The zero-order valence-corrected chi connectivity index (χ0v) is 11.4. The molecule has 1 amide bonds. The highest BCUT2D eigenvalue weighted by atomic mass is 16.5. The lowest BCUT2D eigenvalue weighted by molar-refractivity contribution is -0.132. The summed E-state index contributed by atoms with van der Waals surface area (Å²) in [4.78, 5) is 12.5. The number of carbonyl (C=O) groups excluding carboxylic acids is 1. The van der Waals surface area contributed by atoms with Gasteiger partial charge in [0.15, 0.2) is 5.84 Å². The number of nitrogens with zero attached hydrogens (tertiary/aromatic N) is 1. The Morgan fingerprint density at radius 2 is 2.11 bits per heavy atom. The SMILES string of the molecule is CC(NC(=O)C1(C(N)=NO)CCOCC1)C1CCC1. The predicted octanol–water partition coefficient (Wildman–Crippen LogP) is 0.834. The van der Waals surface area contributed by atoms with Gasteiger partial charge in [-0.25, -0.2) is 0 Å². The molecule has 0 aromatic carbocycles. The zero-order valence-electron chi connectivity index (χ0n) is 11.4. The molecule has 0 bridgehead atoms. The van der Waals surface area contributed by atoms with Crippen LogP contribution in [0.5, 0.6) is 0 Å². The van der Waals surface area contributed by atoms with Crippen molar-refractivity contribution in [2.75, 3.05) is 13.2 Å². The zero-order chi connectivity index (χ0) is 13.9. The maximum absolute atomic E-state index is 12.5. The molecule has 6 heteroatoms. The molecule has 0 aromatic heterocycles. The number of amidine groups is 1. The summed E-state index contributed by atoms with van der Waals surface area (Å²) in [7, 11) is 0. The van der Waals surface area contributed by atoms with Gasteiger partial charge in [-0.3, -0.25) is 4.79 Å². The molecule has 6 nitrogen and oxygen atoms in total. The first-order valence-corrected chi connectivity index (χ1v) is 6.97. The van der Waals surface area contributed by atoms with Crippen molar-refractivity contribution in [3.05, 3.63) is 0 Å². The van der Waals surface area contributed by atoms with Crippen molar-refractivity contribution in [2.45, 2.75) is 45.1 Å². The van der Waals surface area contributed by atoms with Crippen LogP contribution in [0.1, 0.15) is 39.0 Å². The van der Waals surface area contributed by atoms with Gasteiger partial charge in [0.05, 0.1) is 0 Å². The van der Waals surface area contributed by atoms with Crippen molar-refractivity contribution in [1.29, 1.82) is 0 Å². The van der Waals surface area contributed by atoms with E-state index in [1.807, 2.05) is 6.92 Å². The molecular formula is C13H23N3O3. The van der Waals surface area contributed by atoms with Crippen LogP contribution in [-0.2, 0) is 9.53 Å². The second-order valence-corrected chi connectivity index (χ2v) is 5.63. The lowest BCUT2D eigenvalue weighted by atomic mass is 9.76. The molecule has 0 radical (unpaired) electrons. The second kappa shape index (κ2) is 5.77. The molecule has 1 aliphatic carbocycles. The minimum atomic E-state index is -0.912. The molecule has 2 rings (SSSR count). The van der Waals surface area contributed by atoms with Crippen molar-refractivity contribution in [1.82, 2.24) is 5.32 Å². The number of ether oxygens (including phenoxy) is 1. The van der Waals surface area contributed by atoms with Crippen molar-refractivity contribution in [2.24, 2.45) is 22.2 Å². The van der Waals surface area contributed by atoms with Crippen molar-refractivity contribution >= 4 is 11.7 Å². The van der Waals surface area contributed by atoms with E-state index >= 15 is 0 Å². The summed E-state index contributed by atoms with van der Waals surface area (Å²) in [6.45, 7) is 2.95. The number of hydrogen-bond donors (Lipinski definition) is 3. The third-order valence-electron chi connectivity index (χ3n) is 4.59. The lowest BCUT2D eigenvalue weighted by Gasteiger charge is -2.38. The van der Waals surface area contributed by atoms with Crippen LogP contribution in [-0.4, -0.2) is 36.2 Å². The standard InChI is InChI=1S/C13H23N3O3/c1-9(10-3-2-4-10)15-12(17)13(11(14)16-18)5-7-19-8-6-13/h9-10,18H,2-8H2,1H3,(H2,14,16)(H,15,17). The van der Waals surface area contributed by atoms with Crippen molar-refractivity contribution in [3.63, 3.8) is 0 Å². The molecule has 2 fully saturated rings. The van der Waals surface area contributed by atoms with Crippen LogP contribution in [0.25, 0.3) is 0 Å². The number of nitrogens with two attached hydrogens (primary N) is 1. The number of rotatable bonds is 4. The summed E-state index contributed by atoms with van der Waals surface area (Å²) in [6.07, 6.45) is 4.50. The Bertz CT molecular complexity index is 360. The van der Waals surface area contributed by atoms with Gasteiger partial charge in [0, 0.05) is 19.3 Å². The highest BCUT2D eigenvalue weighted by Gasteiger charge is 2.45. The third kappa shape index (κ3) is 2.68. The first-order valence-electron chi connectivity index (χ1n) is 6.97. The summed E-state index contributed by atoms with van der Waals surface area (Å²) in [6, 6.07) is 0.146. The van der Waals surface area contributed by atoms with E-state index in [1.165, 1.54) is 19.3 Å². The Hall–Kier alpha value is -1.30. The molecule has 1 heterocycles. The van der Waals surface area contributed by atoms with Crippen LogP contribution in [0.4, 0.5) is 0 Å². The largest absolute Gasteiger partial charge is 0.409 e. The van der Waals surface area contributed by atoms with Crippen LogP contribution >= 0.6 is 0 Å². The number of amides is 1. The molecule has 1 saturated heterocycles. The van der Waals surface area contributed by atoms with Gasteiger partial charge in [0.2, 0.25) is 5.91 Å². The third-order valence-corrected chi connectivity index (χ3v) is 4.59. The Kier molecular flexibility index (Phi) is 4.29. The van der Waals surface area contributed by atoms with Gasteiger partial charge in [-0.1, -0.05) is 11.6 Å². The van der Waals surface area contributed by atoms with Gasteiger partial charge in [-0.2, -0.15) is 0 Å². The fourth-order valence-corrected chi connectivity index (χ4v) is 2.82. The number of oxime groups is 1. The second-order valence-electron chi connectivity index (χ2n) is 5.63. The van der Waals surface area contributed by atoms with E-state index in [0.29, 0.717) is 32.0 Å². The van der Waals surface area contributed by atoms with Gasteiger partial charge in [-0.15, -0.1) is 0 Å². The minimum absolute atomic E-state index is 0.00545. The van der Waals surface area contributed by atoms with E-state index in [-0.39, 0.29) is 17.8 Å². The molecule has 19 heavy (non-hydrogen) atoms. The van der Waals surface area contributed by atoms with E-state index in [9.17, 15) is 4.79 Å². The Labute approximate surface area is 113 Å². The topological polar surface area (TPSA) is 96.9 Å². The summed E-state index contributed by atoms with van der Waals surface area (Å²) in [5.41, 5.74) is 4.85. The van der Waals surface area contributed by atoms with Gasteiger partial charge in [0.1, 0.15) is 5.41 Å². The van der Waals surface area contributed by atoms with Crippen LogP contribution in [0.15, 0.2) is 5.16 Å². The van der Waals surface area contributed by atoms with E-state index in [0.717, 1.165) is 0 Å². The van der Waals surface area contributed by atoms with E-state index in [4.69, 9.17) is 15.7 Å². The molecule has 0 spiro atoms. The Balaban J connectivity index is 2.06. The monoisotopic (exact) mass is 269 g/mol. The van der Waals surface area contributed by atoms with Crippen molar-refractivity contribution < 1.29 is 14.7 Å². The van der Waals surface area contributed by atoms with Crippen LogP contribution in [0, 0.1) is 11.3 Å². The summed E-state index contributed by atoms with van der Waals surface area (Å²) in [5, 5.41) is 15.1. The average Bonchev–Trinajstić information content (AvgIpc) is 2.36. The number of nitrogens with one attached hydrogen (secondary N) is 1. The minimum Gasteiger partial charge on any atom is -0.409 e. The Morgan fingerprint density at radius 3 is 2.58 bits per heavy atom. The molecule has 1 aliphatic heterocycles. The molecule has 4 N–H and O–H groups in total. The first kappa shape index (κ1) is 14.1. The van der Waals surface area contributed by atoms with E-state index in [2.05, 4.69) is 10.5 Å². The molecule has 1 unspecified atom stereocenters. The van der Waals surface area contributed by atoms with Gasteiger partial charge in [0.25, 0.3) is 0 Å². The van der Waals surface area contributed by atoms with E-state index < -0.39 is 5.41 Å². The maximum atomic E-state index is 12.5. The van der Waals surface area contributed by atoms with Crippen molar-refractivity contribution in [3.8, 4) is 0 Å². The molecule has 1 atom stereocenters. The Morgan fingerprint density at radius 1 is 1.47 bits per heavy atom. The maximum Gasteiger partial charge on any atom is 0.234 e. The highest BCUT2D eigenvalue weighted by molar-refractivity contribution is 6.06. The fraction of sp³-hybridized carbons (Fsp3) is 0.846. The van der Waals surface area contributed by atoms with Crippen LogP contribution in [0.2, 0.25) is 0 Å². The molecule has 2 aliphatic rings. The molecule has 1 saturated carbocycles. The highest BCUT2D eigenvalue weighted by Crippen LogP contribution is 2.33. The van der Waals surface area contributed by atoms with Crippen LogP contribution in [0.3, 0.4) is 0 Å². The fourth-order valence-electron chi connectivity index (χ4n) is 2.82. The predicted molar refractivity (Wildman–Crippen MR) is 70.8 cm³/mol. The van der Waals surface area contributed by atoms with E-state index in [1.54, 1.807) is 0 Å². The summed E-state index contributed by atoms with van der Waals surface area (Å²) >= 11 is 0. The summed E-state index contributed by atoms with van der Waals surface area (Å²) in [5.74, 6) is 0.424. The number of hydrogen-bond acceptors (Lipinski definition) is 4. The van der Waals surface area contributed by atoms with Crippen LogP contribution < -0.4 is 11.1 Å². The molecule has 108 valence electrons. The quantitative estimate of drug-likeness (QED) is 0.305. The van der Waals surface area contributed by atoms with Gasteiger partial charge >= 0.3 is 0 Å². The normalized spacial score (nSPS) is 25.4. The first-order chi connectivity index (χ1) is 9.10. The van der Waals surface area contributed by atoms with Gasteiger partial charge < -0.3 is 21.0 Å².